The molecule has 1 aliphatic heterocycles. The topological polar surface area (TPSA) is 77.7 Å². The summed E-state index contributed by atoms with van der Waals surface area (Å²) in [5.74, 6) is -0.994. The van der Waals surface area contributed by atoms with Crippen molar-refractivity contribution in [3.63, 3.8) is 0 Å². The summed E-state index contributed by atoms with van der Waals surface area (Å²) >= 11 is 0. The third-order valence-corrected chi connectivity index (χ3v) is 3.23. The minimum atomic E-state index is -0.711. The molecule has 1 aliphatic rings. The third-order valence-electron chi connectivity index (χ3n) is 3.23. The van der Waals surface area contributed by atoms with Crippen LogP contribution in [-0.2, 0) is 0 Å². The number of nitrogens with zero attached hydrogens (tertiary/aromatic N) is 5. The molecule has 1 fully saturated rings. The second-order valence-corrected chi connectivity index (χ2v) is 4.87. The second-order valence-electron chi connectivity index (χ2n) is 4.87. The lowest BCUT2D eigenvalue weighted by Gasteiger charge is -2.15. The summed E-state index contributed by atoms with van der Waals surface area (Å²) < 4.78 is 26.4. The zero-order valence-electron chi connectivity index (χ0n) is 11.6. The Balaban J connectivity index is 1.92. The van der Waals surface area contributed by atoms with Gasteiger partial charge < -0.3 is 10.2 Å². The molecule has 0 spiro atoms. The molecule has 1 saturated heterocycles. The van der Waals surface area contributed by atoms with E-state index >= 15 is 0 Å². The van der Waals surface area contributed by atoms with Gasteiger partial charge >= 0.3 is 0 Å². The smallest absolute Gasteiger partial charge is 0.238 e. The van der Waals surface area contributed by atoms with Crippen molar-refractivity contribution in [1.29, 1.82) is 5.26 Å². The fourth-order valence-electron chi connectivity index (χ4n) is 2.28. The highest BCUT2D eigenvalue weighted by atomic mass is 19.1. The molecule has 1 aromatic heterocycles. The van der Waals surface area contributed by atoms with Gasteiger partial charge in [-0.05, 0) is 25.0 Å². The second kappa shape index (κ2) is 5.89. The monoisotopic (exact) mass is 302 g/mol. The molecule has 0 bridgehead atoms. The van der Waals surface area contributed by atoms with Crippen LogP contribution in [0, 0.1) is 23.0 Å². The van der Waals surface area contributed by atoms with Gasteiger partial charge in [0, 0.05) is 24.8 Å². The van der Waals surface area contributed by atoms with Crippen LogP contribution in [-0.4, -0.2) is 28.0 Å². The zero-order valence-corrected chi connectivity index (χ0v) is 11.6. The SMILES string of the molecule is N#Cc1nc(Nc2cc(F)cc(F)c2)nc(N2CCCC2)n1. The molecule has 8 heteroatoms. The number of halogens is 2. The van der Waals surface area contributed by atoms with E-state index in [1.165, 1.54) is 0 Å². The lowest BCUT2D eigenvalue weighted by atomic mass is 10.3. The third kappa shape index (κ3) is 3.09. The molecule has 1 N–H and O–H groups in total. The van der Waals surface area contributed by atoms with Gasteiger partial charge in [-0.15, -0.1) is 0 Å². The van der Waals surface area contributed by atoms with Crippen LogP contribution in [0.25, 0.3) is 0 Å². The zero-order chi connectivity index (χ0) is 15.5. The van der Waals surface area contributed by atoms with Gasteiger partial charge in [-0.3, -0.25) is 0 Å². The molecule has 0 amide bonds. The molecule has 112 valence electrons. The van der Waals surface area contributed by atoms with E-state index in [4.69, 9.17) is 5.26 Å². The number of anilines is 3. The van der Waals surface area contributed by atoms with E-state index in [1.807, 2.05) is 11.0 Å². The predicted octanol–water partition coefficient (Wildman–Crippen LogP) is 2.37. The molecule has 0 saturated carbocycles. The fourth-order valence-corrected chi connectivity index (χ4v) is 2.28. The first-order valence-corrected chi connectivity index (χ1v) is 6.78. The van der Waals surface area contributed by atoms with Crippen LogP contribution in [0.4, 0.5) is 26.4 Å². The summed E-state index contributed by atoms with van der Waals surface area (Å²) in [6, 6.07) is 4.87. The van der Waals surface area contributed by atoms with Gasteiger partial charge in [0.05, 0.1) is 0 Å². The Kier molecular flexibility index (Phi) is 3.78. The van der Waals surface area contributed by atoms with Gasteiger partial charge in [0.25, 0.3) is 0 Å². The van der Waals surface area contributed by atoms with E-state index in [2.05, 4.69) is 20.3 Å². The number of nitriles is 1. The lowest BCUT2D eigenvalue weighted by Crippen LogP contribution is -2.21. The summed E-state index contributed by atoms with van der Waals surface area (Å²) in [5, 5.41) is 11.7. The Labute approximate surface area is 125 Å². The fraction of sp³-hybridized carbons (Fsp3) is 0.286. The number of aromatic nitrogens is 3. The number of nitrogens with one attached hydrogen (secondary N) is 1. The van der Waals surface area contributed by atoms with E-state index in [0.29, 0.717) is 5.95 Å². The van der Waals surface area contributed by atoms with Crippen LogP contribution in [0.15, 0.2) is 18.2 Å². The minimum absolute atomic E-state index is 0.0451. The van der Waals surface area contributed by atoms with Crippen molar-refractivity contribution < 1.29 is 8.78 Å². The first kappa shape index (κ1) is 14.1. The van der Waals surface area contributed by atoms with Gasteiger partial charge in [0.15, 0.2) is 0 Å². The number of rotatable bonds is 3. The molecule has 3 rings (SSSR count). The Morgan fingerprint density at radius 1 is 1.05 bits per heavy atom. The van der Waals surface area contributed by atoms with Crippen molar-refractivity contribution in [3.8, 4) is 6.07 Å². The van der Waals surface area contributed by atoms with Gasteiger partial charge in [-0.1, -0.05) is 0 Å². The van der Waals surface area contributed by atoms with Crippen LogP contribution >= 0.6 is 0 Å². The van der Waals surface area contributed by atoms with E-state index in [9.17, 15) is 8.78 Å². The molecule has 6 nitrogen and oxygen atoms in total. The van der Waals surface area contributed by atoms with Crippen molar-refractivity contribution >= 4 is 17.6 Å². The molecule has 1 aromatic carbocycles. The van der Waals surface area contributed by atoms with Crippen LogP contribution in [0.2, 0.25) is 0 Å². The molecule has 0 unspecified atom stereocenters. The van der Waals surface area contributed by atoms with E-state index in [0.717, 1.165) is 44.1 Å². The first-order valence-electron chi connectivity index (χ1n) is 6.78. The molecular formula is C14H12F2N6. The van der Waals surface area contributed by atoms with Crippen LogP contribution in [0.5, 0.6) is 0 Å². The summed E-state index contributed by atoms with van der Waals surface area (Å²) in [6.45, 7) is 1.62. The maximum atomic E-state index is 13.2. The average molecular weight is 302 g/mol. The van der Waals surface area contributed by atoms with Crippen LogP contribution in [0.1, 0.15) is 18.7 Å². The van der Waals surface area contributed by atoms with Crippen molar-refractivity contribution in [1.82, 2.24) is 15.0 Å². The van der Waals surface area contributed by atoms with E-state index in [1.54, 1.807) is 0 Å². The molecule has 2 aromatic rings. The molecule has 22 heavy (non-hydrogen) atoms. The molecular weight excluding hydrogens is 290 g/mol. The lowest BCUT2D eigenvalue weighted by molar-refractivity contribution is 0.584. The van der Waals surface area contributed by atoms with Gasteiger partial charge in [-0.2, -0.15) is 20.2 Å². The maximum absolute atomic E-state index is 13.2. The normalized spacial score (nSPS) is 14.0. The standard InChI is InChI=1S/C14H12F2N6/c15-9-5-10(16)7-11(6-9)18-13-19-12(8-17)20-14(21-13)22-3-1-2-4-22/h5-7H,1-4H2,(H,18,19,20,21). The van der Waals surface area contributed by atoms with Gasteiger partial charge in [0.1, 0.15) is 17.7 Å². The molecule has 0 atom stereocenters. The first-order chi connectivity index (χ1) is 10.6. The summed E-state index contributed by atoms with van der Waals surface area (Å²) in [4.78, 5) is 14.1. The van der Waals surface area contributed by atoms with Crippen LogP contribution < -0.4 is 10.2 Å². The molecule has 0 aliphatic carbocycles. The summed E-state index contributed by atoms with van der Waals surface area (Å²) in [7, 11) is 0. The van der Waals surface area contributed by atoms with Crippen molar-refractivity contribution in [2.75, 3.05) is 23.3 Å². The van der Waals surface area contributed by atoms with Gasteiger partial charge in [0.2, 0.25) is 17.7 Å². The quantitative estimate of drug-likeness (QED) is 0.938. The molecule has 0 radical (unpaired) electrons. The van der Waals surface area contributed by atoms with E-state index < -0.39 is 11.6 Å². The van der Waals surface area contributed by atoms with Crippen molar-refractivity contribution in [2.24, 2.45) is 0 Å². The van der Waals surface area contributed by atoms with Gasteiger partial charge in [-0.25, -0.2) is 8.78 Å². The molecule has 2 heterocycles. The number of benzene rings is 1. The highest BCUT2D eigenvalue weighted by molar-refractivity contribution is 5.55. The van der Waals surface area contributed by atoms with Crippen molar-refractivity contribution in [3.05, 3.63) is 35.7 Å². The van der Waals surface area contributed by atoms with E-state index in [-0.39, 0.29) is 17.5 Å². The Morgan fingerprint density at radius 2 is 1.73 bits per heavy atom. The minimum Gasteiger partial charge on any atom is -0.341 e. The van der Waals surface area contributed by atoms with Crippen molar-refractivity contribution in [2.45, 2.75) is 12.8 Å². The Hall–Kier alpha value is -2.82. The summed E-state index contributed by atoms with van der Waals surface area (Å²) in [6.07, 6.45) is 2.07. The Morgan fingerprint density at radius 3 is 2.36 bits per heavy atom. The average Bonchev–Trinajstić information content (AvgIpc) is 3.00. The maximum Gasteiger partial charge on any atom is 0.238 e. The number of hydrogen-bond acceptors (Lipinski definition) is 6. The predicted molar refractivity (Wildman–Crippen MR) is 75.6 cm³/mol. The largest absolute Gasteiger partial charge is 0.341 e. The van der Waals surface area contributed by atoms with Crippen LogP contribution in [0.3, 0.4) is 0 Å². The highest BCUT2D eigenvalue weighted by Crippen LogP contribution is 2.20. The summed E-state index contributed by atoms with van der Waals surface area (Å²) in [5.41, 5.74) is 0.167. The highest BCUT2D eigenvalue weighted by Gasteiger charge is 2.17. The Bertz CT molecular complexity index is 716. The number of hydrogen-bond donors (Lipinski definition) is 1.